The van der Waals surface area contributed by atoms with Crippen molar-refractivity contribution >= 4 is 0 Å². The second kappa shape index (κ2) is 6.95. The first-order chi connectivity index (χ1) is 8.74. The van der Waals surface area contributed by atoms with Gasteiger partial charge in [-0.2, -0.15) is 0 Å². The number of ether oxygens (including phenoxy) is 1. The molecule has 1 aliphatic rings. The van der Waals surface area contributed by atoms with Crippen molar-refractivity contribution in [3.05, 3.63) is 23.7 Å². The highest BCUT2D eigenvalue weighted by molar-refractivity contribution is 5.12. The molecule has 1 aromatic rings. The fraction of sp³-hybridized carbons (Fsp3) is 0.733. The summed E-state index contributed by atoms with van der Waals surface area (Å²) in [6, 6.07) is 2.60. The van der Waals surface area contributed by atoms with Crippen LogP contribution in [-0.2, 0) is 17.9 Å². The number of hydrogen-bond donors (Lipinski definition) is 1. The third-order valence-electron chi connectivity index (χ3n) is 3.44. The van der Waals surface area contributed by atoms with Gasteiger partial charge in [-0.15, -0.1) is 0 Å². The highest BCUT2D eigenvalue weighted by Crippen LogP contribution is 2.21. The minimum Gasteiger partial charge on any atom is -0.467 e. The Morgan fingerprint density at radius 2 is 2.11 bits per heavy atom. The molecule has 0 bridgehead atoms. The summed E-state index contributed by atoms with van der Waals surface area (Å²) in [6.45, 7) is 5.78. The summed E-state index contributed by atoms with van der Waals surface area (Å²) in [6.07, 6.45) is 8.69. The van der Waals surface area contributed by atoms with Gasteiger partial charge in [-0.1, -0.05) is 33.1 Å². The summed E-state index contributed by atoms with van der Waals surface area (Å²) in [4.78, 5) is 0. The monoisotopic (exact) mass is 251 g/mol. The molecule has 102 valence electrons. The molecule has 1 heterocycles. The summed E-state index contributed by atoms with van der Waals surface area (Å²) in [7, 11) is 0. The average Bonchev–Trinajstić information content (AvgIpc) is 2.83. The lowest BCUT2D eigenvalue weighted by molar-refractivity contribution is 0.00877. The Labute approximate surface area is 110 Å². The summed E-state index contributed by atoms with van der Waals surface area (Å²) in [5.74, 6) is 0.945. The minimum absolute atomic E-state index is 0.445. The summed E-state index contributed by atoms with van der Waals surface area (Å²) < 4.78 is 11.4. The topological polar surface area (TPSA) is 34.4 Å². The molecule has 18 heavy (non-hydrogen) atoms. The van der Waals surface area contributed by atoms with Crippen LogP contribution in [0.5, 0.6) is 0 Å². The molecule has 0 unspecified atom stereocenters. The van der Waals surface area contributed by atoms with E-state index in [4.69, 9.17) is 9.15 Å². The Hall–Kier alpha value is -0.800. The molecular weight excluding hydrogens is 226 g/mol. The van der Waals surface area contributed by atoms with Crippen LogP contribution in [0.4, 0.5) is 0 Å². The van der Waals surface area contributed by atoms with E-state index in [0.717, 1.165) is 12.3 Å². The molecule has 0 saturated heterocycles. The number of nitrogens with one attached hydrogen (secondary N) is 1. The fourth-order valence-electron chi connectivity index (χ4n) is 2.35. The molecule has 1 aromatic heterocycles. The van der Waals surface area contributed by atoms with Gasteiger partial charge in [-0.25, -0.2) is 0 Å². The van der Waals surface area contributed by atoms with Gasteiger partial charge in [0.2, 0.25) is 0 Å². The van der Waals surface area contributed by atoms with Gasteiger partial charge in [0.25, 0.3) is 0 Å². The van der Waals surface area contributed by atoms with Crippen molar-refractivity contribution in [1.82, 2.24) is 5.32 Å². The first-order valence-corrected chi connectivity index (χ1v) is 7.15. The summed E-state index contributed by atoms with van der Waals surface area (Å²) >= 11 is 0. The first-order valence-electron chi connectivity index (χ1n) is 7.15. The summed E-state index contributed by atoms with van der Waals surface area (Å²) in [5, 5.41) is 3.38. The maximum atomic E-state index is 5.89. The first kappa shape index (κ1) is 13.6. The zero-order chi connectivity index (χ0) is 12.8. The average molecular weight is 251 g/mol. The zero-order valence-corrected chi connectivity index (χ0v) is 11.6. The smallest absolute Gasteiger partial charge is 0.129 e. The van der Waals surface area contributed by atoms with E-state index in [2.05, 4.69) is 25.2 Å². The lowest BCUT2D eigenvalue weighted by atomic mass is 9.98. The Kier molecular flexibility index (Phi) is 5.26. The molecule has 0 amide bonds. The van der Waals surface area contributed by atoms with Crippen LogP contribution in [0.2, 0.25) is 0 Å². The van der Waals surface area contributed by atoms with Crippen LogP contribution in [0.15, 0.2) is 16.7 Å². The lowest BCUT2D eigenvalue weighted by Crippen LogP contribution is -2.21. The number of rotatable bonds is 6. The van der Waals surface area contributed by atoms with Gasteiger partial charge in [0.15, 0.2) is 0 Å². The van der Waals surface area contributed by atoms with Crippen molar-refractivity contribution in [1.29, 1.82) is 0 Å². The van der Waals surface area contributed by atoms with Crippen molar-refractivity contribution in [3.63, 3.8) is 0 Å². The van der Waals surface area contributed by atoms with Crippen LogP contribution in [0.1, 0.15) is 57.3 Å². The van der Waals surface area contributed by atoms with E-state index in [1.165, 1.54) is 37.7 Å². The highest BCUT2D eigenvalue weighted by atomic mass is 16.5. The quantitative estimate of drug-likeness (QED) is 0.838. The molecule has 2 rings (SSSR count). The van der Waals surface area contributed by atoms with Gasteiger partial charge in [-0.05, 0) is 18.9 Å². The molecule has 1 N–H and O–H groups in total. The maximum Gasteiger partial charge on any atom is 0.129 e. The van der Waals surface area contributed by atoms with Crippen LogP contribution in [0, 0.1) is 0 Å². The molecule has 1 saturated carbocycles. The maximum absolute atomic E-state index is 5.89. The molecule has 0 spiro atoms. The summed E-state index contributed by atoms with van der Waals surface area (Å²) in [5.41, 5.74) is 1.20. The normalized spacial score (nSPS) is 17.5. The van der Waals surface area contributed by atoms with Crippen molar-refractivity contribution < 1.29 is 9.15 Å². The van der Waals surface area contributed by atoms with Gasteiger partial charge in [-0.3, -0.25) is 0 Å². The molecule has 3 nitrogen and oxygen atoms in total. The van der Waals surface area contributed by atoms with E-state index < -0.39 is 0 Å². The van der Waals surface area contributed by atoms with Crippen LogP contribution < -0.4 is 5.32 Å². The second-order valence-corrected chi connectivity index (χ2v) is 5.53. The number of hydrogen-bond acceptors (Lipinski definition) is 3. The Bertz CT molecular complexity index is 340. The van der Waals surface area contributed by atoms with Gasteiger partial charge in [0.05, 0.1) is 12.4 Å². The van der Waals surface area contributed by atoms with E-state index in [9.17, 15) is 0 Å². The van der Waals surface area contributed by atoms with Crippen molar-refractivity contribution in [2.45, 2.75) is 71.2 Å². The standard InChI is InChI=1S/C15H25NO2/c1-12(2)16-9-13-8-15(17-10-13)11-18-14-6-4-3-5-7-14/h8,10,12,14,16H,3-7,9,11H2,1-2H3. The zero-order valence-electron chi connectivity index (χ0n) is 11.6. The molecule has 3 heteroatoms. The molecule has 1 aliphatic carbocycles. The van der Waals surface area contributed by atoms with E-state index in [0.29, 0.717) is 18.8 Å². The van der Waals surface area contributed by atoms with Gasteiger partial charge in [0, 0.05) is 18.2 Å². The van der Waals surface area contributed by atoms with E-state index in [-0.39, 0.29) is 0 Å². The molecule has 1 fully saturated rings. The third-order valence-corrected chi connectivity index (χ3v) is 3.44. The SMILES string of the molecule is CC(C)NCc1coc(COC2CCCCC2)c1. The van der Waals surface area contributed by atoms with Crippen molar-refractivity contribution in [2.75, 3.05) is 0 Å². The Morgan fingerprint density at radius 1 is 1.33 bits per heavy atom. The van der Waals surface area contributed by atoms with Gasteiger partial charge in [0.1, 0.15) is 12.4 Å². The van der Waals surface area contributed by atoms with Crippen molar-refractivity contribution in [2.24, 2.45) is 0 Å². The van der Waals surface area contributed by atoms with Gasteiger partial charge < -0.3 is 14.5 Å². The minimum atomic E-state index is 0.445. The highest BCUT2D eigenvalue weighted by Gasteiger charge is 2.14. The largest absolute Gasteiger partial charge is 0.467 e. The van der Waals surface area contributed by atoms with Gasteiger partial charge >= 0.3 is 0 Å². The molecule has 0 radical (unpaired) electrons. The van der Waals surface area contributed by atoms with Crippen LogP contribution >= 0.6 is 0 Å². The third kappa shape index (κ3) is 4.46. The van der Waals surface area contributed by atoms with E-state index in [1.54, 1.807) is 0 Å². The van der Waals surface area contributed by atoms with Crippen LogP contribution in [0.3, 0.4) is 0 Å². The predicted octanol–water partition coefficient (Wildman–Crippen LogP) is 3.63. The van der Waals surface area contributed by atoms with Crippen LogP contribution in [0.25, 0.3) is 0 Å². The Balaban J connectivity index is 1.72. The second-order valence-electron chi connectivity index (χ2n) is 5.53. The molecule has 0 aliphatic heterocycles. The number of furan rings is 1. The van der Waals surface area contributed by atoms with E-state index >= 15 is 0 Å². The van der Waals surface area contributed by atoms with Crippen molar-refractivity contribution in [3.8, 4) is 0 Å². The molecular formula is C15H25NO2. The molecule has 0 aromatic carbocycles. The van der Waals surface area contributed by atoms with Crippen LogP contribution in [-0.4, -0.2) is 12.1 Å². The fourth-order valence-corrected chi connectivity index (χ4v) is 2.35. The lowest BCUT2D eigenvalue weighted by Gasteiger charge is -2.21. The predicted molar refractivity (Wildman–Crippen MR) is 72.3 cm³/mol. The van der Waals surface area contributed by atoms with E-state index in [1.807, 2.05) is 6.26 Å². The Morgan fingerprint density at radius 3 is 2.83 bits per heavy atom. The molecule has 0 atom stereocenters.